The molecule has 0 bridgehead atoms. The van der Waals surface area contributed by atoms with E-state index in [2.05, 4.69) is 46.0 Å². The van der Waals surface area contributed by atoms with Crippen LogP contribution in [0.2, 0.25) is 0 Å². The first-order valence-electron chi connectivity index (χ1n) is 6.21. The molecule has 0 amide bonds. The third kappa shape index (κ3) is 31.6. The van der Waals surface area contributed by atoms with E-state index in [9.17, 15) is 0 Å². The minimum Gasteiger partial charge on any atom is -0.361 e. The van der Waals surface area contributed by atoms with Gasteiger partial charge in [0.25, 0.3) is 0 Å². The zero-order valence-corrected chi connectivity index (χ0v) is 24.1. The second-order valence-corrected chi connectivity index (χ2v) is 15.9. The molecule has 0 aromatic carbocycles. The molecule has 17 heavy (non-hydrogen) atoms. The summed E-state index contributed by atoms with van der Waals surface area (Å²) in [5.74, 6) is 0. The van der Waals surface area contributed by atoms with Crippen molar-refractivity contribution < 1.29 is 0 Å². The summed E-state index contributed by atoms with van der Waals surface area (Å²) >= 11 is 0. The van der Waals surface area contributed by atoms with Crippen molar-refractivity contribution in [2.45, 2.75) is 26.8 Å². The SMILES string of the molecule is CC(C)N([SiH3])[SiH3].CCN([SiH3])[SiH3].CN(C)N(C)[SiH3]. The first-order chi connectivity index (χ1) is 7.56. The molecule has 0 saturated heterocycles. The summed E-state index contributed by atoms with van der Waals surface area (Å²) in [6, 6.07) is 0.809. The van der Waals surface area contributed by atoms with E-state index >= 15 is 0 Å². The Hall–Kier alpha value is 0.924. The quantitative estimate of drug-likeness (QED) is 0.379. The number of hydrogen-bond donors (Lipinski definition) is 0. The van der Waals surface area contributed by atoms with Gasteiger partial charge >= 0.3 is 0 Å². The molecule has 0 aliphatic rings. The van der Waals surface area contributed by atoms with E-state index in [0.29, 0.717) is 0 Å². The molecule has 108 valence electrons. The standard InChI is InChI=1S/C3H12N2Si.C3H13NSi2.C2H11NSi2/c1-4(2)5(3)6;1-3(2)4(5)6;1-2-3(4)5/h1-3,6H3;3H,1-2,5-6H3;2H2,1,4-5H3. The molecule has 9 heteroatoms. The van der Waals surface area contributed by atoms with Crippen LogP contribution in [0.3, 0.4) is 0 Å². The Labute approximate surface area is 125 Å². The van der Waals surface area contributed by atoms with Crippen LogP contribution in [0.5, 0.6) is 0 Å². The van der Waals surface area contributed by atoms with Crippen LogP contribution in [0.1, 0.15) is 20.8 Å². The van der Waals surface area contributed by atoms with Crippen molar-refractivity contribution in [1.82, 2.24) is 18.1 Å². The van der Waals surface area contributed by atoms with Gasteiger partial charge in [-0.05, 0) is 19.6 Å². The molecule has 0 aromatic heterocycles. The summed E-state index contributed by atoms with van der Waals surface area (Å²) in [7, 11) is 12.3. The van der Waals surface area contributed by atoms with E-state index < -0.39 is 0 Å². The number of hydrazine groups is 1. The molecule has 0 aliphatic heterocycles. The minimum atomic E-state index is 0.809. The molecule has 0 spiro atoms. The van der Waals surface area contributed by atoms with E-state index in [1.807, 2.05) is 14.1 Å². The van der Waals surface area contributed by atoms with Crippen LogP contribution >= 0.6 is 0 Å². The van der Waals surface area contributed by atoms with Gasteiger partial charge in [-0.3, -0.25) is 9.68 Å². The molecule has 0 atom stereocenters. The Morgan fingerprint density at radius 1 is 0.882 bits per heavy atom. The van der Waals surface area contributed by atoms with Gasteiger partial charge in [0.2, 0.25) is 0 Å². The zero-order chi connectivity index (χ0) is 14.6. The summed E-state index contributed by atoms with van der Waals surface area (Å²) in [4.78, 5) is 0. The van der Waals surface area contributed by atoms with Gasteiger partial charge in [0.15, 0.2) is 0 Å². The van der Waals surface area contributed by atoms with Crippen molar-refractivity contribution in [2.75, 3.05) is 27.7 Å². The van der Waals surface area contributed by atoms with Crippen LogP contribution in [0, 0.1) is 0 Å². The number of rotatable bonds is 3. The zero-order valence-electron chi connectivity index (χ0n) is 14.1. The minimum absolute atomic E-state index is 0.809. The Bertz CT molecular complexity index is 120. The van der Waals surface area contributed by atoms with Gasteiger partial charge in [-0.2, -0.15) is 0 Å². The Balaban J connectivity index is -0.000000174. The first kappa shape index (κ1) is 23.1. The van der Waals surface area contributed by atoms with Gasteiger partial charge < -0.3 is 8.46 Å². The Morgan fingerprint density at radius 2 is 1.06 bits per heavy atom. The molecule has 0 radical (unpaired) electrons. The summed E-state index contributed by atoms with van der Waals surface area (Å²) in [6.07, 6.45) is 0. The van der Waals surface area contributed by atoms with E-state index in [4.69, 9.17) is 0 Å². The summed E-state index contributed by atoms with van der Waals surface area (Å²) < 4.78 is 6.99. The van der Waals surface area contributed by atoms with Crippen molar-refractivity contribution in [3.8, 4) is 0 Å². The van der Waals surface area contributed by atoms with E-state index in [-0.39, 0.29) is 0 Å². The molecule has 4 nitrogen and oxygen atoms in total. The number of hydrogen-bond acceptors (Lipinski definition) is 4. The molecule has 0 aromatic rings. The van der Waals surface area contributed by atoms with Crippen molar-refractivity contribution in [3.63, 3.8) is 0 Å². The van der Waals surface area contributed by atoms with E-state index in [1.165, 1.54) is 48.2 Å². The third-order valence-corrected chi connectivity index (χ3v) is 6.60. The normalized spacial score (nSPS) is 11.5. The van der Waals surface area contributed by atoms with Crippen LogP contribution in [0.4, 0.5) is 0 Å². The molecule has 0 unspecified atom stereocenters. The smallest absolute Gasteiger partial charge is 0.0982 e. The lowest BCUT2D eigenvalue weighted by molar-refractivity contribution is 0.166. The van der Waals surface area contributed by atoms with Crippen molar-refractivity contribution in [3.05, 3.63) is 0 Å². The Morgan fingerprint density at radius 3 is 1.06 bits per heavy atom. The highest BCUT2D eigenvalue weighted by molar-refractivity contribution is 6.25. The predicted octanol–water partition coefficient (Wildman–Crippen LogP) is -5.20. The van der Waals surface area contributed by atoms with Crippen molar-refractivity contribution >= 4 is 52.0 Å². The van der Waals surface area contributed by atoms with Gasteiger partial charge in [0.1, 0.15) is 0 Å². The van der Waals surface area contributed by atoms with Crippen LogP contribution in [-0.4, -0.2) is 104 Å². The fraction of sp³-hybridized carbons (Fsp3) is 1.00. The lowest BCUT2D eigenvalue weighted by Gasteiger charge is -2.18. The second kappa shape index (κ2) is 15.0. The summed E-state index contributed by atoms with van der Waals surface area (Å²) in [6.45, 7) is 7.93. The fourth-order valence-electron chi connectivity index (χ4n) is 0. The highest BCUT2D eigenvalue weighted by atomic mass is 28.2. The van der Waals surface area contributed by atoms with Crippen LogP contribution < -0.4 is 0 Å². The average Bonchev–Trinajstić information content (AvgIpc) is 2.19. The van der Waals surface area contributed by atoms with Gasteiger partial charge in [-0.25, -0.2) is 0 Å². The monoisotopic (exact) mass is 328 g/mol. The lowest BCUT2D eigenvalue weighted by Crippen LogP contribution is -2.30. The van der Waals surface area contributed by atoms with Crippen LogP contribution in [0.25, 0.3) is 0 Å². The summed E-state index contributed by atoms with van der Waals surface area (Å²) in [5.41, 5.74) is 0. The highest BCUT2D eigenvalue weighted by Gasteiger charge is 1.89. The second-order valence-electron chi connectivity index (χ2n) is 5.15. The Kier molecular flexibility index (Phi) is 20.3. The predicted molar refractivity (Wildman–Crippen MR) is 100 cm³/mol. The lowest BCUT2D eigenvalue weighted by atomic mass is 10.4. The van der Waals surface area contributed by atoms with E-state index in [0.717, 1.165) is 16.4 Å². The molecular formula is C8H36N4Si5. The maximum absolute atomic E-state index is 2.44. The van der Waals surface area contributed by atoms with Crippen molar-refractivity contribution in [1.29, 1.82) is 0 Å². The van der Waals surface area contributed by atoms with E-state index in [1.54, 1.807) is 0 Å². The third-order valence-electron chi connectivity index (χ3n) is 2.47. The highest BCUT2D eigenvalue weighted by Crippen LogP contribution is 1.82. The summed E-state index contributed by atoms with van der Waals surface area (Å²) in [5, 5.41) is 2.06. The fourth-order valence-corrected chi connectivity index (χ4v) is 0. The van der Waals surface area contributed by atoms with Gasteiger partial charge in [-0.15, -0.1) is 0 Å². The molecule has 0 rings (SSSR count). The first-order valence-corrected chi connectivity index (χ1v) is 10.7. The maximum Gasteiger partial charge on any atom is 0.0982 e. The van der Waals surface area contributed by atoms with Crippen molar-refractivity contribution in [2.24, 2.45) is 0 Å². The van der Waals surface area contributed by atoms with Gasteiger partial charge in [0, 0.05) is 14.1 Å². The van der Waals surface area contributed by atoms with Gasteiger partial charge in [0.05, 0.1) is 52.0 Å². The molecular weight excluding hydrogens is 293 g/mol. The molecule has 0 fully saturated rings. The largest absolute Gasteiger partial charge is 0.361 e. The number of nitrogens with zero attached hydrogens (tertiary/aromatic N) is 4. The molecule has 0 heterocycles. The molecule has 0 N–H and O–H groups in total. The van der Waals surface area contributed by atoms with Gasteiger partial charge in [-0.1, -0.05) is 20.8 Å². The average molecular weight is 329 g/mol. The molecule has 0 saturated carbocycles. The molecule has 0 aliphatic carbocycles. The van der Waals surface area contributed by atoms with Crippen LogP contribution in [0.15, 0.2) is 0 Å². The topological polar surface area (TPSA) is 13.0 Å². The maximum atomic E-state index is 2.44. The van der Waals surface area contributed by atoms with Crippen LogP contribution in [-0.2, 0) is 0 Å².